The summed E-state index contributed by atoms with van der Waals surface area (Å²) >= 11 is 0. The number of rotatable bonds is 2. The van der Waals surface area contributed by atoms with Gasteiger partial charge >= 0.3 is 0 Å². The van der Waals surface area contributed by atoms with Crippen molar-refractivity contribution >= 4 is 5.69 Å². The van der Waals surface area contributed by atoms with Gasteiger partial charge in [-0.25, -0.2) is 0 Å². The molecule has 2 rings (SSSR count). The smallest absolute Gasteiger partial charge is 0.145 e. The summed E-state index contributed by atoms with van der Waals surface area (Å²) in [5.74, 6) is -0.00829. The largest absolute Gasteiger partial charge is 0.483 e. The summed E-state index contributed by atoms with van der Waals surface area (Å²) in [5, 5.41) is 0. The maximum Gasteiger partial charge on any atom is 0.145 e. The van der Waals surface area contributed by atoms with E-state index in [1.807, 2.05) is 0 Å². The lowest BCUT2D eigenvalue weighted by molar-refractivity contribution is -0.0794. The summed E-state index contributed by atoms with van der Waals surface area (Å²) in [5.41, 5.74) is 5.62. The summed E-state index contributed by atoms with van der Waals surface area (Å²) in [7, 11) is 0. The minimum Gasteiger partial charge on any atom is -0.483 e. The average Bonchev–Trinajstić information content (AvgIpc) is 2.19. The van der Waals surface area contributed by atoms with Crippen LogP contribution in [0.4, 0.5) is 5.69 Å². The number of nitrogen functional groups attached to an aromatic ring is 1. The molecule has 2 heterocycles. The number of nitrogens with two attached hydrogens (primary N) is 1. The second-order valence-electron chi connectivity index (χ2n) is 2.15. The minimum absolute atomic E-state index is 0.00829. The molecule has 0 aliphatic carbocycles. The van der Waals surface area contributed by atoms with E-state index in [0.29, 0.717) is 0 Å². The van der Waals surface area contributed by atoms with Crippen molar-refractivity contribution in [3.8, 4) is 5.75 Å². The zero-order valence-corrected chi connectivity index (χ0v) is 6.07. The van der Waals surface area contributed by atoms with Crippen molar-refractivity contribution in [2.45, 2.75) is 6.08 Å². The van der Waals surface area contributed by atoms with Gasteiger partial charge in [-0.2, -0.15) is 0 Å². The Morgan fingerprint density at radius 1 is 1.83 bits per heavy atom. The first kappa shape index (κ1) is 3.62. The molecule has 1 aromatic heterocycles. The van der Waals surface area contributed by atoms with Crippen molar-refractivity contribution in [1.29, 1.82) is 0 Å². The van der Waals surface area contributed by atoms with E-state index in [0.717, 1.165) is 0 Å². The number of anilines is 1. The number of nitrogens with zero attached hydrogens (tertiary/aromatic N) is 1. The number of aromatic nitrogens is 1. The molecular formula is C8H10N2O2. The van der Waals surface area contributed by atoms with Crippen molar-refractivity contribution in [3.05, 3.63) is 18.5 Å². The highest BCUT2D eigenvalue weighted by Crippen LogP contribution is 2.21. The van der Waals surface area contributed by atoms with E-state index < -0.39 is 19.2 Å². The molecule has 1 fully saturated rings. The van der Waals surface area contributed by atoms with Crippen LogP contribution in [-0.2, 0) is 4.74 Å². The maximum atomic E-state index is 7.73. The highest BCUT2D eigenvalue weighted by Gasteiger charge is 2.20. The Morgan fingerprint density at radius 2 is 2.67 bits per heavy atom. The van der Waals surface area contributed by atoms with Crippen molar-refractivity contribution in [2.75, 3.05) is 18.9 Å². The molecule has 2 N–H and O–H groups in total. The van der Waals surface area contributed by atoms with Crippen LogP contribution in [-0.4, -0.2) is 24.2 Å². The lowest BCUT2D eigenvalue weighted by atomic mass is 10.3. The van der Waals surface area contributed by atoms with Gasteiger partial charge in [0.1, 0.15) is 11.8 Å². The quantitative estimate of drug-likeness (QED) is 0.701. The van der Waals surface area contributed by atoms with E-state index in [-0.39, 0.29) is 11.4 Å². The van der Waals surface area contributed by atoms with E-state index in [9.17, 15) is 0 Å². The van der Waals surface area contributed by atoms with Crippen molar-refractivity contribution in [1.82, 2.24) is 4.98 Å². The molecule has 64 valence electrons. The summed E-state index contributed by atoms with van der Waals surface area (Å²) in [6.45, 7) is -5.10. The second kappa shape index (κ2) is 2.98. The van der Waals surface area contributed by atoms with Gasteiger partial charge in [0, 0.05) is 12.3 Å². The predicted molar refractivity (Wildman–Crippen MR) is 43.9 cm³/mol. The van der Waals surface area contributed by atoms with Crippen LogP contribution in [0.1, 0.15) is 6.85 Å². The molecule has 12 heavy (non-hydrogen) atoms. The normalized spacial score (nSPS) is 34.2. The number of pyridine rings is 1. The van der Waals surface area contributed by atoms with Gasteiger partial charge in [-0.05, 0) is 0 Å². The Labute approximate surface area is 77.3 Å². The fourth-order valence-electron chi connectivity index (χ4n) is 0.731. The molecule has 1 aliphatic heterocycles. The van der Waals surface area contributed by atoms with Crippen molar-refractivity contribution < 1.29 is 16.3 Å². The van der Waals surface area contributed by atoms with Gasteiger partial charge in [0.2, 0.25) is 0 Å². The van der Waals surface area contributed by atoms with Crippen LogP contribution in [0, 0.1) is 0 Å². The number of hydrogen-bond donors (Lipinski definition) is 1. The molecule has 0 unspecified atom stereocenters. The molecular weight excluding hydrogens is 156 g/mol. The van der Waals surface area contributed by atoms with Gasteiger partial charge in [0.25, 0.3) is 0 Å². The maximum absolute atomic E-state index is 7.73. The van der Waals surface area contributed by atoms with Gasteiger partial charge in [-0.3, -0.25) is 4.98 Å². The summed E-state index contributed by atoms with van der Waals surface area (Å²) in [6.07, 6.45) is 0.110. The molecule has 0 saturated carbocycles. The molecule has 4 heteroatoms. The van der Waals surface area contributed by atoms with Crippen LogP contribution in [0.2, 0.25) is 0 Å². The molecule has 0 aromatic carbocycles. The van der Waals surface area contributed by atoms with Crippen molar-refractivity contribution in [2.24, 2.45) is 0 Å². The Hall–Kier alpha value is -1.29. The van der Waals surface area contributed by atoms with Crippen LogP contribution < -0.4 is 10.5 Å². The Balaban J connectivity index is 2.32. The van der Waals surface area contributed by atoms with Crippen LogP contribution in [0.25, 0.3) is 0 Å². The standard InChI is InChI=1S/C8H10N2O2/c9-7-3-10-2-1-8(7)12-6-4-11-5-6/h1-3,6H,4-5,9H2/i4D2,5D2,6D. The van der Waals surface area contributed by atoms with Gasteiger partial charge in [-0.1, -0.05) is 0 Å². The highest BCUT2D eigenvalue weighted by molar-refractivity contribution is 5.49. The van der Waals surface area contributed by atoms with E-state index in [1.165, 1.54) is 18.5 Å². The molecule has 0 radical (unpaired) electrons. The highest BCUT2D eigenvalue weighted by atomic mass is 16.6. The number of hydrogen-bond acceptors (Lipinski definition) is 4. The average molecular weight is 171 g/mol. The molecule has 0 spiro atoms. The minimum atomic E-state index is -2.55. The molecule has 1 aromatic rings. The Morgan fingerprint density at radius 3 is 3.33 bits per heavy atom. The summed E-state index contributed by atoms with van der Waals surface area (Å²) in [6, 6.07) is 1.33. The fourth-order valence-corrected chi connectivity index (χ4v) is 0.731. The van der Waals surface area contributed by atoms with E-state index >= 15 is 0 Å². The third-order valence-electron chi connectivity index (χ3n) is 1.31. The predicted octanol–water partition coefficient (Wildman–Crippen LogP) is 0.441. The molecule has 0 amide bonds. The molecule has 0 bridgehead atoms. The van der Waals surface area contributed by atoms with Gasteiger partial charge in [0.05, 0.1) is 31.9 Å². The monoisotopic (exact) mass is 171 g/mol. The van der Waals surface area contributed by atoms with E-state index in [2.05, 4.69) is 9.72 Å². The summed E-state index contributed by atoms with van der Waals surface area (Å²) < 4.78 is 46.4. The molecule has 0 atom stereocenters. The lowest BCUT2D eigenvalue weighted by Gasteiger charge is -2.27. The number of ether oxygens (including phenoxy) is 2. The Kier molecular flexibility index (Phi) is 0.899. The summed E-state index contributed by atoms with van der Waals surface area (Å²) in [4.78, 5) is 3.71. The van der Waals surface area contributed by atoms with Crippen LogP contribution >= 0.6 is 0 Å². The lowest BCUT2D eigenvalue weighted by Crippen LogP contribution is -2.38. The first-order valence-corrected chi connectivity index (χ1v) is 3.28. The van der Waals surface area contributed by atoms with Crippen LogP contribution in [0.3, 0.4) is 0 Å². The third kappa shape index (κ3) is 1.33. The molecule has 1 saturated heterocycles. The molecule has 4 nitrogen and oxygen atoms in total. The SMILES string of the molecule is [2H]C1([2H])OC([2H])([2H])C1([2H])Oc1ccncc1N. The van der Waals surface area contributed by atoms with E-state index in [4.69, 9.17) is 17.3 Å². The molecule has 1 aliphatic rings. The fraction of sp³-hybridized carbons (Fsp3) is 0.375. The third-order valence-corrected chi connectivity index (χ3v) is 1.31. The topological polar surface area (TPSA) is 57.4 Å². The zero-order valence-electron chi connectivity index (χ0n) is 11.1. The van der Waals surface area contributed by atoms with Crippen LogP contribution in [0.5, 0.6) is 5.75 Å². The van der Waals surface area contributed by atoms with Gasteiger partial charge in [0.15, 0.2) is 0 Å². The van der Waals surface area contributed by atoms with Gasteiger partial charge < -0.3 is 15.2 Å². The van der Waals surface area contributed by atoms with Crippen molar-refractivity contribution in [3.63, 3.8) is 0 Å². The second-order valence-corrected chi connectivity index (χ2v) is 2.15. The van der Waals surface area contributed by atoms with Gasteiger partial charge in [-0.15, -0.1) is 0 Å². The zero-order chi connectivity index (χ0) is 12.9. The Bertz CT molecular complexity index is 439. The van der Waals surface area contributed by atoms with Crippen LogP contribution in [0.15, 0.2) is 18.5 Å². The first-order chi connectivity index (χ1) is 7.70. The van der Waals surface area contributed by atoms with E-state index in [1.54, 1.807) is 0 Å². The first-order valence-electron chi connectivity index (χ1n) is 5.78.